The van der Waals surface area contributed by atoms with Gasteiger partial charge in [0.15, 0.2) is 0 Å². The Labute approximate surface area is 115 Å². The lowest BCUT2D eigenvalue weighted by Gasteiger charge is -2.31. The van der Waals surface area contributed by atoms with Crippen LogP contribution in [0.2, 0.25) is 0 Å². The molecule has 0 aliphatic carbocycles. The molecule has 0 aromatic carbocycles. The summed E-state index contributed by atoms with van der Waals surface area (Å²) in [6, 6.07) is 0.654. The maximum atomic E-state index is 5.53. The Balaban J connectivity index is 4.33. The van der Waals surface area contributed by atoms with Gasteiger partial charge in [-0.15, -0.1) is 0 Å². The van der Waals surface area contributed by atoms with Crippen molar-refractivity contribution >= 4 is 0 Å². The summed E-state index contributed by atoms with van der Waals surface area (Å²) >= 11 is 0. The van der Waals surface area contributed by atoms with Gasteiger partial charge in [0.2, 0.25) is 0 Å². The van der Waals surface area contributed by atoms with Gasteiger partial charge in [-0.25, -0.2) is 0 Å². The number of rotatable bonds is 11. The molecule has 2 nitrogen and oxygen atoms in total. The van der Waals surface area contributed by atoms with Crippen molar-refractivity contribution in [2.45, 2.75) is 84.8 Å². The molecule has 18 heavy (non-hydrogen) atoms. The van der Waals surface area contributed by atoms with Crippen LogP contribution in [0.25, 0.3) is 0 Å². The lowest BCUT2D eigenvalue weighted by Crippen LogP contribution is -2.38. The van der Waals surface area contributed by atoms with E-state index in [1.807, 2.05) is 7.11 Å². The predicted octanol–water partition coefficient (Wildman–Crippen LogP) is 4.39. The van der Waals surface area contributed by atoms with Crippen LogP contribution in [0.15, 0.2) is 0 Å². The number of ether oxygens (including phenoxy) is 1. The predicted molar refractivity (Wildman–Crippen MR) is 81.1 cm³/mol. The van der Waals surface area contributed by atoms with Gasteiger partial charge in [-0.2, -0.15) is 0 Å². The topological polar surface area (TPSA) is 21.3 Å². The van der Waals surface area contributed by atoms with E-state index < -0.39 is 0 Å². The normalized spacial score (nSPS) is 15.7. The number of hydrogen-bond donors (Lipinski definition) is 1. The van der Waals surface area contributed by atoms with Gasteiger partial charge in [0, 0.05) is 13.2 Å². The zero-order valence-electron chi connectivity index (χ0n) is 13.5. The second-order valence-corrected chi connectivity index (χ2v) is 5.98. The molecule has 0 fully saturated rings. The van der Waals surface area contributed by atoms with E-state index in [1.54, 1.807) is 0 Å². The molecule has 0 aromatic heterocycles. The highest BCUT2D eigenvalue weighted by Crippen LogP contribution is 2.24. The Morgan fingerprint density at radius 2 is 1.78 bits per heavy atom. The molecule has 0 bridgehead atoms. The van der Waals surface area contributed by atoms with Crippen LogP contribution in [-0.2, 0) is 4.74 Å². The average molecular weight is 257 g/mol. The zero-order valence-corrected chi connectivity index (χ0v) is 13.5. The molecule has 0 aromatic rings. The van der Waals surface area contributed by atoms with Crippen molar-refractivity contribution in [3.8, 4) is 0 Å². The van der Waals surface area contributed by atoms with E-state index in [-0.39, 0.29) is 5.60 Å². The van der Waals surface area contributed by atoms with E-state index in [0.29, 0.717) is 6.04 Å². The molecule has 0 aliphatic rings. The molecule has 0 heterocycles. The Bertz CT molecular complexity index is 192. The first-order valence-corrected chi connectivity index (χ1v) is 7.79. The molecular weight excluding hydrogens is 222 g/mol. The van der Waals surface area contributed by atoms with Crippen LogP contribution in [0.1, 0.15) is 73.1 Å². The lowest BCUT2D eigenvalue weighted by atomic mass is 9.86. The number of unbranched alkanes of at least 4 members (excludes halogenated alkanes) is 1. The maximum absolute atomic E-state index is 5.53. The van der Waals surface area contributed by atoms with Gasteiger partial charge < -0.3 is 10.1 Å². The summed E-state index contributed by atoms with van der Waals surface area (Å²) in [6.45, 7) is 12.3. The molecule has 2 atom stereocenters. The Kier molecular flexibility index (Phi) is 9.76. The highest BCUT2D eigenvalue weighted by molar-refractivity contribution is 4.79. The molecule has 2 unspecified atom stereocenters. The highest BCUT2D eigenvalue weighted by atomic mass is 16.5. The Morgan fingerprint density at radius 1 is 1.11 bits per heavy atom. The fourth-order valence-corrected chi connectivity index (χ4v) is 2.53. The molecule has 0 saturated heterocycles. The van der Waals surface area contributed by atoms with Crippen LogP contribution in [0.3, 0.4) is 0 Å². The maximum Gasteiger partial charge on any atom is 0.0623 e. The van der Waals surface area contributed by atoms with Crippen LogP contribution >= 0.6 is 0 Å². The summed E-state index contributed by atoms with van der Waals surface area (Å²) in [5.74, 6) is 0.817. The summed E-state index contributed by atoms with van der Waals surface area (Å²) in [7, 11) is 1.82. The van der Waals surface area contributed by atoms with Crippen molar-refractivity contribution in [3.05, 3.63) is 0 Å². The first-order valence-electron chi connectivity index (χ1n) is 7.79. The first-order chi connectivity index (χ1) is 8.50. The fraction of sp³-hybridized carbons (Fsp3) is 1.00. The first kappa shape index (κ1) is 17.9. The van der Waals surface area contributed by atoms with Crippen molar-refractivity contribution in [1.82, 2.24) is 5.32 Å². The van der Waals surface area contributed by atoms with Crippen molar-refractivity contribution in [2.75, 3.05) is 13.7 Å². The van der Waals surface area contributed by atoms with Gasteiger partial charge >= 0.3 is 0 Å². The molecular formula is C16H35NO. The van der Waals surface area contributed by atoms with E-state index in [0.717, 1.165) is 18.9 Å². The van der Waals surface area contributed by atoms with Gasteiger partial charge in [0.25, 0.3) is 0 Å². The van der Waals surface area contributed by atoms with E-state index >= 15 is 0 Å². The van der Waals surface area contributed by atoms with Gasteiger partial charge in [-0.3, -0.25) is 0 Å². The van der Waals surface area contributed by atoms with E-state index in [2.05, 4.69) is 39.9 Å². The van der Waals surface area contributed by atoms with Crippen LogP contribution in [-0.4, -0.2) is 25.3 Å². The van der Waals surface area contributed by atoms with Gasteiger partial charge in [-0.05, 0) is 45.6 Å². The highest BCUT2D eigenvalue weighted by Gasteiger charge is 2.23. The molecule has 0 spiro atoms. The van der Waals surface area contributed by atoms with Crippen molar-refractivity contribution < 1.29 is 4.74 Å². The molecule has 1 N–H and O–H groups in total. The lowest BCUT2D eigenvalue weighted by molar-refractivity contribution is 0.00995. The second kappa shape index (κ2) is 9.80. The molecule has 0 saturated carbocycles. The summed E-state index contributed by atoms with van der Waals surface area (Å²) in [5, 5.41) is 3.68. The quantitative estimate of drug-likeness (QED) is 0.593. The number of nitrogens with one attached hydrogen (secondary N) is 1. The van der Waals surface area contributed by atoms with Crippen LogP contribution in [0.4, 0.5) is 0 Å². The number of hydrogen-bond acceptors (Lipinski definition) is 2. The number of methoxy groups -OCH3 is 1. The molecule has 2 heteroatoms. The summed E-state index contributed by atoms with van der Waals surface area (Å²) < 4.78 is 5.53. The Hall–Kier alpha value is -0.0800. The minimum atomic E-state index is 0.0106. The smallest absolute Gasteiger partial charge is 0.0623 e. The van der Waals surface area contributed by atoms with Gasteiger partial charge in [0.1, 0.15) is 0 Å². The average Bonchev–Trinajstić information content (AvgIpc) is 2.36. The largest absolute Gasteiger partial charge is 0.379 e. The van der Waals surface area contributed by atoms with Crippen LogP contribution < -0.4 is 5.32 Å². The zero-order chi connectivity index (χ0) is 14.0. The third kappa shape index (κ3) is 7.38. The summed E-state index contributed by atoms with van der Waals surface area (Å²) in [6.07, 6.45) is 7.65. The van der Waals surface area contributed by atoms with Crippen LogP contribution in [0, 0.1) is 5.92 Å². The molecule has 0 radical (unpaired) electrons. The summed E-state index contributed by atoms with van der Waals surface area (Å²) in [5.41, 5.74) is 0.0106. The second-order valence-electron chi connectivity index (χ2n) is 5.98. The van der Waals surface area contributed by atoms with Gasteiger partial charge in [0.05, 0.1) is 5.60 Å². The molecule has 0 rings (SSSR count). The van der Waals surface area contributed by atoms with Crippen molar-refractivity contribution in [1.29, 1.82) is 0 Å². The van der Waals surface area contributed by atoms with Gasteiger partial charge in [-0.1, -0.05) is 40.0 Å². The molecule has 0 aliphatic heterocycles. The van der Waals surface area contributed by atoms with Crippen molar-refractivity contribution in [2.24, 2.45) is 5.92 Å². The monoisotopic (exact) mass is 257 g/mol. The minimum Gasteiger partial charge on any atom is -0.379 e. The SMILES string of the molecule is CCCCC(CC)C(CCC(C)(C)OC)NCC. The molecule has 110 valence electrons. The molecule has 0 amide bonds. The van der Waals surface area contributed by atoms with Crippen LogP contribution in [0.5, 0.6) is 0 Å². The standard InChI is InChI=1S/C16H35NO/c1-7-10-11-14(8-2)15(17-9-3)12-13-16(4,5)18-6/h14-15,17H,7-13H2,1-6H3. The minimum absolute atomic E-state index is 0.0106. The third-order valence-corrected chi connectivity index (χ3v) is 4.10. The third-order valence-electron chi connectivity index (χ3n) is 4.10. The van der Waals surface area contributed by atoms with E-state index in [9.17, 15) is 0 Å². The van der Waals surface area contributed by atoms with E-state index in [1.165, 1.54) is 32.1 Å². The Morgan fingerprint density at radius 3 is 2.22 bits per heavy atom. The van der Waals surface area contributed by atoms with E-state index in [4.69, 9.17) is 4.74 Å². The fourth-order valence-electron chi connectivity index (χ4n) is 2.53. The van der Waals surface area contributed by atoms with Crippen molar-refractivity contribution in [3.63, 3.8) is 0 Å². The summed E-state index contributed by atoms with van der Waals surface area (Å²) in [4.78, 5) is 0.